The Kier molecular flexibility index (Phi) is 8.96. The molecule has 0 bridgehead atoms. The molecule has 6 heteroatoms. The average molecular weight is 525 g/mol. The normalized spacial score (nSPS) is 14.2. The van der Waals surface area contributed by atoms with Crippen LogP contribution in [0.3, 0.4) is 0 Å². The molecule has 0 spiro atoms. The molecule has 2 heterocycles. The Morgan fingerprint density at radius 3 is 2.41 bits per heavy atom. The third-order valence-electron chi connectivity index (χ3n) is 7.46. The van der Waals surface area contributed by atoms with Gasteiger partial charge < -0.3 is 14.2 Å². The molecule has 0 unspecified atom stereocenters. The molecule has 0 atom stereocenters. The van der Waals surface area contributed by atoms with E-state index in [1.165, 1.54) is 16.8 Å². The third kappa shape index (κ3) is 7.49. The van der Waals surface area contributed by atoms with Crippen LogP contribution >= 0.6 is 0 Å². The van der Waals surface area contributed by atoms with Gasteiger partial charge in [0.1, 0.15) is 18.1 Å². The molecule has 1 aliphatic rings. The molecule has 0 amide bonds. The fraction of sp³-hybridized carbons (Fsp3) is 0.364. The summed E-state index contributed by atoms with van der Waals surface area (Å²) in [7, 11) is 2.15. The zero-order valence-electron chi connectivity index (χ0n) is 23.5. The SMILES string of the molecule is Cc1ccc(N2CCN(CCCN(C)Cc3cc(-c4ccc(OCc5ccccc5)cc4)no3)CC2)c(C)c1. The van der Waals surface area contributed by atoms with Crippen LogP contribution in [0.5, 0.6) is 5.75 Å². The fourth-order valence-corrected chi connectivity index (χ4v) is 5.27. The predicted molar refractivity (Wildman–Crippen MR) is 158 cm³/mol. The molecule has 0 aliphatic carbocycles. The summed E-state index contributed by atoms with van der Waals surface area (Å²) in [6.07, 6.45) is 1.14. The molecule has 1 fully saturated rings. The summed E-state index contributed by atoms with van der Waals surface area (Å²) in [5.74, 6) is 1.73. The molecular formula is C33H40N4O2. The summed E-state index contributed by atoms with van der Waals surface area (Å²) in [6.45, 7) is 12.3. The van der Waals surface area contributed by atoms with Crippen molar-refractivity contribution in [3.8, 4) is 17.0 Å². The van der Waals surface area contributed by atoms with Crippen LogP contribution in [0.4, 0.5) is 5.69 Å². The molecular weight excluding hydrogens is 484 g/mol. The van der Waals surface area contributed by atoms with Crippen molar-refractivity contribution in [2.45, 2.75) is 33.4 Å². The maximum absolute atomic E-state index is 5.90. The van der Waals surface area contributed by atoms with E-state index in [4.69, 9.17) is 9.26 Å². The Morgan fingerprint density at radius 2 is 1.67 bits per heavy atom. The zero-order valence-corrected chi connectivity index (χ0v) is 23.5. The van der Waals surface area contributed by atoms with E-state index >= 15 is 0 Å². The molecule has 204 valence electrons. The number of hydrogen-bond acceptors (Lipinski definition) is 6. The van der Waals surface area contributed by atoms with Crippen molar-refractivity contribution in [3.63, 3.8) is 0 Å². The van der Waals surface area contributed by atoms with E-state index in [0.29, 0.717) is 6.61 Å². The first-order chi connectivity index (χ1) is 19.0. The number of rotatable bonds is 11. The number of benzene rings is 3. The number of nitrogens with zero attached hydrogens (tertiary/aromatic N) is 4. The molecule has 3 aromatic carbocycles. The fourth-order valence-electron chi connectivity index (χ4n) is 5.27. The molecule has 1 aliphatic heterocycles. The smallest absolute Gasteiger partial charge is 0.151 e. The monoisotopic (exact) mass is 524 g/mol. The van der Waals surface area contributed by atoms with E-state index < -0.39 is 0 Å². The van der Waals surface area contributed by atoms with Crippen molar-refractivity contribution in [2.24, 2.45) is 0 Å². The Morgan fingerprint density at radius 1 is 0.897 bits per heavy atom. The highest BCUT2D eigenvalue weighted by Crippen LogP contribution is 2.24. The van der Waals surface area contributed by atoms with Gasteiger partial charge in [-0.2, -0.15) is 0 Å². The minimum absolute atomic E-state index is 0.559. The molecule has 1 saturated heterocycles. The second-order valence-corrected chi connectivity index (χ2v) is 10.7. The van der Waals surface area contributed by atoms with E-state index in [9.17, 15) is 0 Å². The van der Waals surface area contributed by atoms with Crippen LogP contribution < -0.4 is 9.64 Å². The van der Waals surface area contributed by atoms with E-state index in [2.05, 4.69) is 71.1 Å². The van der Waals surface area contributed by atoms with Gasteiger partial charge in [0.15, 0.2) is 5.76 Å². The first kappa shape index (κ1) is 27.0. The Hall–Kier alpha value is -3.61. The van der Waals surface area contributed by atoms with Crippen LogP contribution in [0.25, 0.3) is 11.3 Å². The highest BCUT2D eigenvalue weighted by molar-refractivity contribution is 5.60. The summed E-state index contributed by atoms with van der Waals surface area (Å²) in [5, 5.41) is 4.30. The number of ether oxygens (including phenoxy) is 1. The summed E-state index contributed by atoms with van der Waals surface area (Å²) in [5.41, 5.74) is 7.14. The predicted octanol–water partition coefficient (Wildman–Crippen LogP) is 6.18. The second kappa shape index (κ2) is 13.0. The summed E-state index contributed by atoms with van der Waals surface area (Å²) >= 11 is 0. The number of hydrogen-bond donors (Lipinski definition) is 0. The van der Waals surface area contributed by atoms with E-state index in [0.717, 1.165) is 80.6 Å². The average Bonchev–Trinajstić information content (AvgIpc) is 3.42. The summed E-state index contributed by atoms with van der Waals surface area (Å²) < 4.78 is 11.6. The first-order valence-corrected chi connectivity index (χ1v) is 14.0. The van der Waals surface area contributed by atoms with Crippen molar-refractivity contribution in [2.75, 3.05) is 51.2 Å². The Balaban J connectivity index is 1.02. The summed E-state index contributed by atoms with van der Waals surface area (Å²) in [4.78, 5) is 7.44. The van der Waals surface area contributed by atoms with Crippen molar-refractivity contribution < 1.29 is 9.26 Å². The van der Waals surface area contributed by atoms with Crippen molar-refractivity contribution >= 4 is 5.69 Å². The second-order valence-electron chi connectivity index (χ2n) is 10.7. The van der Waals surface area contributed by atoms with Crippen LogP contribution in [-0.4, -0.2) is 61.3 Å². The number of aryl methyl sites for hydroxylation is 2. The van der Waals surface area contributed by atoms with Crippen molar-refractivity contribution in [1.82, 2.24) is 15.0 Å². The number of aromatic nitrogens is 1. The van der Waals surface area contributed by atoms with Crippen LogP contribution in [0.1, 0.15) is 28.9 Å². The maximum Gasteiger partial charge on any atom is 0.151 e. The van der Waals surface area contributed by atoms with E-state index in [1.54, 1.807) is 0 Å². The lowest BCUT2D eigenvalue weighted by Gasteiger charge is -2.37. The first-order valence-electron chi connectivity index (χ1n) is 14.0. The van der Waals surface area contributed by atoms with Gasteiger partial charge in [-0.3, -0.25) is 9.80 Å². The molecule has 5 rings (SSSR count). The minimum Gasteiger partial charge on any atom is -0.489 e. The molecule has 6 nitrogen and oxygen atoms in total. The van der Waals surface area contributed by atoms with E-state index in [1.807, 2.05) is 48.5 Å². The molecule has 4 aromatic rings. The minimum atomic E-state index is 0.559. The van der Waals surface area contributed by atoms with Crippen LogP contribution in [0.2, 0.25) is 0 Å². The molecule has 39 heavy (non-hydrogen) atoms. The summed E-state index contributed by atoms with van der Waals surface area (Å²) in [6, 6.07) is 27.1. The Bertz CT molecular complexity index is 1310. The number of anilines is 1. The third-order valence-corrected chi connectivity index (χ3v) is 7.46. The van der Waals surface area contributed by atoms with Gasteiger partial charge in [0.05, 0.1) is 6.54 Å². The highest BCUT2D eigenvalue weighted by Gasteiger charge is 2.18. The molecule has 0 radical (unpaired) electrons. The lowest BCUT2D eigenvalue weighted by molar-refractivity contribution is 0.223. The molecule has 0 N–H and O–H groups in total. The van der Waals surface area contributed by atoms with Gasteiger partial charge in [-0.25, -0.2) is 0 Å². The van der Waals surface area contributed by atoms with Crippen molar-refractivity contribution in [1.29, 1.82) is 0 Å². The van der Waals surface area contributed by atoms with Gasteiger partial charge in [0.25, 0.3) is 0 Å². The van der Waals surface area contributed by atoms with Crippen LogP contribution in [0, 0.1) is 13.8 Å². The van der Waals surface area contributed by atoms with Gasteiger partial charge in [0, 0.05) is 43.5 Å². The molecule has 1 aromatic heterocycles. The maximum atomic E-state index is 5.90. The quantitative estimate of drug-likeness (QED) is 0.233. The van der Waals surface area contributed by atoms with Crippen molar-refractivity contribution in [3.05, 3.63) is 101 Å². The topological polar surface area (TPSA) is 45.0 Å². The van der Waals surface area contributed by atoms with Gasteiger partial charge in [-0.05, 0) is 81.9 Å². The standard InChI is InChI=1S/C33H40N4O2/c1-26-10-15-33(27(2)22-26)37-20-18-36(19-21-37)17-7-16-35(3)24-31-23-32(34-39-31)29-11-13-30(14-12-29)38-25-28-8-5-4-6-9-28/h4-6,8-15,22-23H,7,16-21,24-25H2,1-3H3. The largest absolute Gasteiger partial charge is 0.489 e. The van der Waals surface area contributed by atoms with E-state index in [-0.39, 0.29) is 0 Å². The zero-order chi connectivity index (χ0) is 27.0. The van der Waals surface area contributed by atoms with Crippen LogP contribution in [-0.2, 0) is 13.2 Å². The lowest BCUT2D eigenvalue weighted by Crippen LogP contribution is -2.47. The van der Waals surface area contributed by atoms with Gasteiger partial charge in [-0.1, -0.05) is 53.2 Å². The number of piperazine rings is 1. The van der Waals surface area contributed by atoms with Gasteiger partial charge in [-0.15, -0.1) is 0 Å². The lowest BCUT2D eigenvalue weighted by atomic mass is 10.1. The highest BCUT2D eigenvalue weighted by atomic mass is 16.5. The van der Waals surface area contributed by atoms with Gasteiger partial charge in [0.2, 0.25) is 0 Å². The Labute approximate surface area is 232 Å². The van der Waals surface area contributed by atoms with Gasteiger partial charge >= 0.3 is 0 Å². The molecule has 0 saturated carbocycles. The van der Waals surface area contributed by atoms with Crippen LogP contribution in [0.15, 0.2) is 83.4 Å².